The van der Waals surface area contributed by atoms with Gasteiger partial charge in [0.15, 0.2) is 11.5 Å². The first kappa shape index (κ1) is 17.9. The zero-order valence-corrected chi connectivity index (χ0v) is 15.7. The molecule has 1 saturated heterocycles. The minimum absolute atomic E-state index is 0.0793. The Kier molecular flexibility index (Phi) is 4.56. The number of benzene rings is 1. The molecule has 27 heavy (non-hydrogen) atoms. The number of carbonyl (C=O) groups excluding carboxylic acids is 1. The number of rotatable bonds is 3. The summed E-state index contributed by atoms with van der Waals surface area (Å²) in [5, 5.41) is 0. The van der Waals surface area contributed by atoms with Gasteiger partial charge in [0, 0.05) is 38.6 Å². The zero-order chi connectivity index (χ0) is 19.0. The molecular formula is C18H21N5O3S. The van der Waals surface area contributed by atoms with Crippen LogP contribution in [0.1, 0.15) is 28.0 Å². The molecule has 0 bridgehead atoms. The van der Waals surface area contributed by atoms with Crippen molar-refractivity contribution in [3.63, 3.8) is 0 Å². The Labute approximate surface area is 158 Å². The summed E-state index contributed by atoms with van der Waals surface area (Å²) >= 11 is 0. The van der Waals surface area contributed by atoms with Gasteiger partial charge < -0.3 is 10.6 Å². The van der Waals surface area contributed by atoms with E-state index in [1.54, 1.807) is 17.0 Å². The third-order valence-electron chi connectivity index (χ3n) is 5.16. The van der Waals surface area contributed by atoms with Crippen molar-refractivity contribution in [2.24, 2.45) is 0 Å². The second-order valence-corrected chi connectivity index (χ2v) is 8.71. The van der Waals surface area contributed by atoms with Crippen molar-refractivity contribution in [3.05, 3.63) is 47.4 Å². The predicted molar refractivity (Wildman–Crippen MR) is 99.6 cm³/mol. The van der Waals surface area contributed by atoms with Crippen LogP contribution in [0.25, 0.3) is 0 Å². The maximum atomic E-state index is 13.0. The van der Waals surface area contributed by atoms with E-state index in [2.05, 4.69) is 9.97 Å². The fraction of sp³-hybridized carbons (Fsp3) is 0.389. The van der Waals surface area contributed by atoms with Crippen LogP contribution in [0.3, 0.4) is 0 Å². The minimum atomic E-state index is -3.56. The van der Waals surface area contributed by atoms with Gasteiger partial charge in [-0.25, -0.2) is 18.4 Å². The average molecular weight is 387 g/mol. The Bertz CT molecular complexity index is 984. The monoisotopic (exact) mass is 387 g/mol. The standard InChI is InChI=1S/C18H21N5O3S/c19-17-16(20-6-7-21-17)18(24)22-8-10-23(11-9-22)27(25,26)15-5-4-13-2-1-3-14(13)12-15/h4-7,12H,1-3,8-11H2,(H2,19,21). The summed E-state index contributed by atoms with van der Waals surface area (Å²) in [6, 6.07) is 5.42. The molecule has 0 spiro atoms. The molecule has 1 aliphatic carbocycles. The Morgan fingerprint density at radius 3 is 2.44 bits per heavy atom. The van der Waals surface area contributed by atoms with E-state index >= 15 is 0 Å². The molecule has 2 N–H and O–H groups in total. The summed E-state index contributed by atoms with van der Waals surface area (Å²) in [4.78, 5) is 22.3. The molecule has 4 rings (SSSR count). The Morgan fingerprint density at radius 1 is 1.00 bits per heavy atom. The molecule has 1 aromatic carbocycles. The van der Waals surface area contributed by atoms with Gasteiger partial charge in [-0.3, -0.25) is 4.79 Å². The lowest BCUT2D eigenvalue weighted by Gasteiger charge is -2.34. The largest absolute Gasteiger partial charge is 0.382 e. The molecule has 1 aromatic heterocycles. The van der Waals surface area contributed by atoms with Crippen molar-refractivity contribution in [3.8, 4) is 0 Å². The first-order valence-electron chi connectivity index (χ1n) is 8.94. The van der Waals surface area contributed by atoms with Crippen molar-refractivity contribution < 1.29 is 13.2 Å². The van der Waals surface area contributed by atoms with Crippen molar-refractivity contribution in [2.75, 3.05) is 31.9 Å². The number of hydrogen-bond acceptors (Lipinski definition) is 6. The predicted octanol–water partition coefficient (Wildman–Crippen LogP) is 0.694. The van der Waals surface area contributed by atoms with Crippen LogP contribution < -0.4 is 5.73 Å². The highest BCUT2D eigenvalue weighted by molar-refractivity contribution is 7.89. The normalized spacial score (nSPS) is 17.7. The molecular weight excluding hydrogens is 366 g/mol. The van der Waals surface area contributed by atoms with E-state index in [4.69, 9.17) is 5.73 Å². The SMILES string of the molecule is Nc1nccnc1C(=O)N1CCN(S(=O)(=O)c2ccc3c(c2)CCC3)CC1. The maximum absolute atomic E-state index is 13.0. The minimum Gasteiger partial charge on any atom is -0.382 e. The summed E-state index contributed by atoms with van der Waals surface area (Å²) in [7, 11) is -3.56. The van der Waals surface area contributed by atoms with E-state index in [-0.39, 0.29) is 30.5 Å². The number of anilines is 1. The first-order chi connectivity index (χ1) is 13.0. The number of amides is 1. The molecule has 142 valence electrons. The van der Waals surface area contributed by atoms with Crippen molar-refractivity contribution in [1.29, 1.82) is 0 Å². The van der Waals surface area contributed by atoms with E-state index in [0.717, 1.165) is 24.8 Å². The number of aryl methyl sites for hydroxylation is 2. The lowest BCUT2D eigenvalue weighted by atomic mass is 10.1. The highest BCUT2D eigenvalue weighted by atomic mass is 32.2. The van der Waals surface area contributed by atoms with Crippen molar-refractivity contribution >= 4 is 21.7 Å². The highest BCUT2D eigenvalue weighted by Crippen LogP contribution is 2.27. The van der Waals surface area contributed by atoms with E-state index in [1.165, 1.54) is 22.3 Å². The number of aromatic nitrogens is 2. The molecule has 2 aromatic rings. The van der Waals surface area contributed by atoms with Crippen LogP contribution in [0.15, 0.2) is 35.5 Å². The number of piperazine rings is 1. The van der Waals surface area contributed by atoms with Gasteiger partial charge in [-0.1, -0.05) is 6.07 Å². The van der Waals surface area contributed by atoms with Crippen LogP contribution in [0, 0.1) is 0 Å². The Hall–Kier alpha value is -2.52. The van der Waals surface area contributed by atoms with Gasteiger partial charge in [-0.05, 0) is 42.5 Å². The molecule has 1 amide bonds. The topological polar surface area (TPSA) is 109 Å². The summed E-state index contributed by atoms with van der Waals surface area (Å²) < 4.78 is 27.4. The fourth-order valence-electron chi connectivity index (χ4n) is 3.65. The quantitative estimate of drug-likeness (QED) is 0.830. The van der Waals surface area contributed by atoms with Gasteiger partial charge in [0.25, 0.3) is 5.91 Å². The Balaban J connectivity index is 1.47. The van der Waals surface area contributed by atoms with Crippen LogP contribution in [0.4, 0.5) is 5.82 Å². The number of fused-ring (bicyclic) bond motifs is 1. The lowest BCUT2D eigenvalue weighted by molar-refractivity contribution is 0.0692. The second-order valence-electron chi connectivity index (χ2n) is 6.77. The zero-order valence-electron chi connectivity index (χ0n) is 14.8. The molecule has 2 heterocycles. The van der Waals surface area contributed by atoms with E-state index in [0.29, 0.717) is 18.0 Å². The number of sulfonamides is 1. The van der Waals surface area contributed by atoms with Gasteiger partial charge >= 0.3 is 0 Å². The van der Waals surface area contributed by atoms with E-state index in [9.17, 15) is 13.2 Å². The Morgan fingerprint density at radius 2 is 1.70 bits per heavy atom. The smallest absolute Gasteiger partial charge is 0.276 e. The molecule has 1 fully saturated rings. The molecule has 0 radical (unpaired) electrons. The van der Waals surface area contributed by atoms with Gasteiger partial charge in [0.05, 0.1) is 4.90 Å². The average Bonchev–Trinajstić information content (AvgIpc) is 3.16. The summed E-state index contributed by atoms with van der Waals surface area (Å²) in [6.45, 7) is 1.06. The molecule has 2 aliphatic rings. The third kappa shape index (κ3) is 3.28. The molecule has 0 unspecified atom stereocenters. The summed E-state index contributed by atoms with van der Waals surface area (Å²) in [6.07, 6.45) is 5.86. The number of nitrogen functional groups attached to an aromatic ring is 1. The second kappa shape index (κ2) is 6.90. The van der Waals surface area contributed by atoms with E-state index < -0.39 is 10.0 Å². The van der Waals surface area contributed by atoms with Crippen LogP contribution in [0.5, 0.6) is 0 Å². The van der Waals surface area contributed by atoms with Crippen molar-refractivity contribution in [1.82, 2.24) is 19.2 Å². The summed E-state index contributed by atoms with van der Waals surface area (Å²) in [5.41, 5.74) is 8.19. The highest BCUT2D eigenvalue weighted by Gasteiger charge is 2.32. The number of nitrogens with two attached hydrogens (primary N) is 1. The molecule has 1 aliphatic heterocycles. The lowest BCUT2D eigenvalue weighted by Crippen LogP contribution is -2.50. The van der Waals surface area contributed by atoms with E-state index in [1.807, 2.05) is 6.07 Å². The molecule has 9 heteroatoms. The summed E-state index contributed by atoms with van der Waals surface area (Å²) in [5.74, 6) is -0.245. The number of nitrogens with zero attached hydrogens (tertiary/aromatic N) is 4. The number of hydrogen-bond donors (Lipinski definition) is 1. The number of carbonyl (C=O) groups is 1. The maximum Gasteiger partial charge on any atom is 0.276 e. The van der Waals surface area contributed by atoms with Crippen LogP contribution >= 0.6 is 0 Å². The third-order valence-corrected chi connectivity index (χ3v) is 7.06. The van der Waals surface area contributed by atoms with Gasteiger partial charge in [0.2, 0.25) is 10.0 Å². The van der Waals surface area contributed by atoms with Gasteiger partial charge in [-0.15, -0.1) is 0 Å². The van der Waals surface area contributed by atoms with Gasteiger partial charge in [-0.2, -0.15) is 4.31 Å². The molecule has 0 saturated carbocycles. The van der Waals surface area contributed by atoms with Crippen LogP contribution in [-0.4, -0.2) is 59.7 Å². The van der Waals surface area contributed by atoms with Crippen molar-refractivity contribution in [2.45, 2.75) is 24.2 Å². The van der Waals surface area contributed by atoms with Crippen LogP contribution in [0.2, 0.25) is 0 Å². The van der Waals surface area contributed by atoms with Crippen LogP contribution in [-0.2, 0) is 22.9 Å². The first-order valence-corrected chi connectivity index (χ1v) is 10.4. The fourth-order valence-corrected chi connectivity index (χ4v) is 5.13. The van der Waals surface area contributed by atoms with Gasteiger partial charge in [0.1, 0.15) is 0 Å². The molecule has 8 nitrogen and oxygen atoms in total. The molecule has 0 atom stereocenters.